The monoisotopic (exact) mass is 158 g/mol. The number of rotatable bonds is 2. The molecule has 0 radical (unpaired) electrons. The molecule has 2 nitrogen and oxygen atoms in total. The minimum absolute atomic E-state index is 0.174. The van der Waals surface area contributed by atoms with E-state index in [2.05, 4.69) is 0 Å². The fourth-order valence-electron chi connectivity index (χ4n) is 0.615. The van der Waals surface area contributed by atoms with E-state index in [1.165, 1.54) is 6.26 Å². The Morgan fingerprint density at radius 1 is 1.80 bits per heavy atom. The summed E-state index contributed by atoms with van der Waals surface area (Å²) in [5.74, 6) is 0.147. The van der Waals surface area contributed by atoms with E-state index in [0.717, 1.165) is 0 Å². The Hall–Kier alpha value is -0.760. The van der Waals surface area contributed by atoms with Gasteiger partial charge in [0.15, 0.2) is 5.76 Å². The quantitative estimate of drug-likeness (QED) is 0.487. The average Bonchev–Trinajstić information content (AvgIpc) is 2.36. The van der Waals surface area contributed by atoms with E-state index in [0.29, 0.717) is 5.76 Å². The summed E-state index contributed by atoms with van der Waals surface area (Å²) in [5, 5.41) is -0.508. The number of carbonyl (C=O) groups excluding carboxylic acids is 1. The molecule has 0 aromatic carbocycles. The second kappa shape index (κ2) is 2.88. The zero-order chi connectivity index (χ0) is 7.56. The van der Waals surface area contributed by atoms with E-state index in [4.69, 9.17) is 16.0 Å². The maximum Gasteiger partial charge on any atom is 0.215 e. The number of halogens is 1. The van der Waals surface area contributed by atoms with Crippen LogP contribution in [-0.4, -0.2) is 11.2 Å². The van der Waals surface area contributed by atoms with Gasteiger partial charge in [-0.05, 0) is 19.1 Å². The SMILES string of the molecule is C[C@H](Cl)C(=O)c1ccco1. The van der Waals surface area contributed by atoms with Crippen LogP contribution in [0.2, 0.25) is 0 Å². The highest BCUT2D eigenvalue weighted by Gasteiger charge is 2.13. The van der Waals surface area contributed by atoms with Gasteiger partial charge in [0.05, 0.1) is 11.6 Å². The summed E-state index contributed by atoms with van der Waals surface area (Å²) in [5.41, 5.74) is 0. The minimum atomic E-state index is -0.508. The molecule has 3 heteroatoms. The molecule has 1 aromatic heterocycles. The van der Waals surface area contributed by atoms with Gasteiger partial charge in [-0.15, -0.1) is 11.6 Å². The van der Waals surface area contributed by atoms with Crippen LogP contribution in [0.25, 0.3) is 0 Å². The first kappa shape index (κ1) is 7.35. The minimum Gasteiger partial charge on any atom is -0.461 e. The average molecular weight is 159 g/mol. The number of hydrogen-bond acceptors (Lipinski definition) is 2. The highest BCUT2D eigenvalue weighted by atomic mass is 35.5. The van der Waals surface area contributed by atoms with Crippen LogP contribution in [0.3, 0.4) is 0 Å². The summed E-state index contributed by atoms with van der Waals surface area (Å²) in [7, 11) is 0. The van der Waals surface area contributed by atoms with Gasteiger partial charge in [0, 0.05) is 0 Å². The molecule has 0 aliphatic carbocycles. The van der Waals surface area contributed by atoms with E-state index in [1.807, 2.05) is 0 Å². The maximum atomic E-state index is 11.0. The number of ketones is 1. The maximum absolute atomic E-state index is 11.0. The van der Waals surface area contributed by atoms with Gasteiger partial charge < -0.3 is 4.42 Å². The molecule has 0 saturated heterocycles. The fraction of sp³-hybridized carbons (Fsp3) is 0.286. The van der Waals surface area contributed by atoms with Crippen molar-refractivity contribution in [2.24, 2.45) is 0 Å². The number of hydrogen-bond donors (Lipinski definition) is 0. The zero-order valence-corrected chi connectivity index (χ0v) is 6.26. The molecule has 0 fully saturated rings. The molecular formula is C7H7ClO2. The van der Waals surface area contributed by atoms with Gasteiger partial charge in [-0.2, -0.15) is 0 Å². The molecule has 0 aliphatic heterocycles. The molecule has 1 atom stereocenters. The van der Waals surface area contributed by atoms with Crippen LogP contribution in [0.5, 0.6) is 0 Å². The molecule has 1 aromatic rings. The lowest BCUT2D eigenvalue weighted by molar-refractivity contribution is 0.0965. The standard InChI is InChI=1S/C7H7ClO2/c1-5(8)7(9)6-3-2-4-10-6/h2-5H,1H3/t5-/m0/s1. The molecular weight excluding hydrogens is 152 g/mol. The van der Waals surface area contributed by atoms with Crippen LogP contribution in [0.15, 0.2) is 22.8 Å². The van der Waals surface area contributed by atoms with Crippen molar-refractivity contribution in [2.45, 2.75) is 12.3 Å². The number of furan rings is 1. The molecule has 0 unspecified atom stereocenters. The molecule has 0 aliphatic rings. The van der Waals surface area contributed by atoms with Crippen molar-refractivity contribution in [1.29, 1.82) is 0 Å². The van der Waals surface area contributed by atoms with Crippen LogP contribution >= 0.6 is 11.6 Å². The van der Waals surface area contributed by atoms with E-state index in [1.54, 1.807) is 19.1 Å². The van der Waals surface area contributed by atoms with Crippen LogP contribution in [0.4, 0.5) is 0 Å². The van der Waals surface area contributed by atoms with E-state index in [-0.39, 0.29) is 5.78 Å². The summed E-state index contributed by atoms with van der Waals surface area (Å²) < 4.78 is 4.82. The Morgan fingerprint density at radius 2 is 2.50 bits per heavy atom. The van der Waals surface area contributed by atoms with Crippen molar-refractivity contribution in [3.63, 3.8) is 0 Å². The van der Waals surface area contributed by atoms with E-state index in [9.17, 15) is 4.79 Å². The third-order valence-electron chi connectivity index (χ3n) is 1.13. The summed E-state index contributed by atoms with van der Waals surface area (Å²) >= 11 is 5.51. The van der Waals surface area contributed by atoms with Crippen LogP contribution < -0.4 is 0 Å². The Bertz CT molecular complexity index is 214. The predicted molar refractivity (Wildman–Crippen MR) is 38.4 cm³/mol. The lowest BCUT2D eigenvalue weighted by Gasteiger charge is -1.95. The molecule has 10 heavy (non-hydrogen) atoms. The van der Waals surface area contributed by atoms with E-state index < -0.39 is 5.38 Å². The third-order valence-corrected chi connectivity index (χ3v) is 1.32. The molecule has 1 rings (SSSR count). The van der Waals surface area contributed by atoms with Gasteiger partial charge in [-0.25, -0.2) is 0 Å². The molecule has 0 saturated carbocycles. The van der Waals surface area contributed by atoms with Crippen molar-refractivity contribution >= 4 is 17.4 Å². The summed E-state index contributed by atoms with van der Waals surface area (Å²) in [6.07, 6.45) is 1.45. The Balaban J connectivity index is 2.78. The Labute approximate surface area is 63.8 Å². The third kappa shape index (κ3) is 1.39. The molecule has 54 valence electrons. The summed E-state index contributed by atoms with van der Waals surface area (Å²) in [6, 6.07) is 3.26. The molecule has 0 spiro atoms. The van der Waals surface area contributed by atoms with Crippen molar-refractivity contribution in [3.05, 3.63) is 24.2 Å². The normalized spacial score (nSPS) is 13.0. The number of Topliss-reactive ketones (excluding diaryl/α,β-unsaturated/α-hetero) is 1. The first-order chi connectivity index (χ1) is 4.72. The highest BCUT2D eigenvalue weighted by Crippen LogP contribution is 2.07. The second-order valence-electron chi connectivity index (χ2n) is 1.96. The summed E-state index contributed by atoms with van der Waals surface area (Å²) in [6.45, 7) is 1.62. The number of alkyl halides is 1. The van der Waals surface area contributed by atoms with Gasteiger partial charge >= 0.3 is 0 Å². The largest absolute Gasteiger partial charge is 0.461 e. The van der Waals surface area contributed by atoms with Crippen molar-refractivity contribution in [3.8, 4) is 0 Å². The molecule has 1 heterocycles. The fourth-order valence-corrected chi connectivity index (χ4v) is 0.722. The number of carbonyl (C=O) groups is 1. The Kier molecular flexibility index (Phi) is 2.12. The van der Waals surface area contributed by atoms with Crippen molar-refractivity contribution in [1.82, 2.24) is 0 Å². The predicted octanol–water partition coefficient (Wildman–Crippen LogP) is 2.09. The lowest BCUT2D eigenvalue weighted by atomic mass is 10.2. The van der Waals surface area contributed by atoms with E-state index >= 15 is 0 Å². The van der Waals surface area contributed by atoms with Gasteiger partial charge in [0.25, 0.3) is 0 Å². The van der Waals surface area contributed by atoms with Crippen molar-refractivity contribution < 1.29 is 9.21 Å². The van der Waals surface area contributed by atoms with Gasteiger partial charge in [0.2, 0.25) is 5.78 Å². The highest BCUT2D eigenvalue weighted by molar-refractivity contribution is 6.33. The van der Waals surface area contributed by atoms with Gasteiger partial charge in [-0.1, -0.05) is 0 Å². The van der Waals surface area contributed by atoms with Crippen LogP contribution in [0.1, 0.15) is 17.5 Å². The zero-order valence-electron chi connectivity index (χ0n) is 5.50. The molecule has 0 N–H and O–H groups in total. The van der Waals surface area contributed by atoms with Crippen LogP contribution in [-0.2, 0) is 0 Å². The van der Waals surface area contributed by atoms with Crippen molar-refractivity contribution in [2.75, 3.05) is 0 Å². The first-order valence-corrected chi connectivity index (χ1v) is 3.37. The topological polar surface area (TPSA) is 30.2 Å². The smallest absolute Gasteiger partial charge is 0.215 e. The second-order valence-corrected chi connectivity index (χ2v) is 2.61. The summed E-state index contributed by atoms with van der Waals surface area (Å²) in [4.78, 5) is 11.0. The molecule has 0 amide bonds. The van der Waals surface area contributed by atoms with Gasteiger partial charge in [-0.3, -0.25) is 4.79 Å². The lowest BCUT2D eigenvalue weighted by Crippen LogP contribution is -2.08. The van der Waals surface area contributed by atoms with Gasteiger partial charge in [0.1, 0.15) is 0 Å². The van der Waals surface area contributed by atoms with Crippen LogP contribution in [0, 0.1) is 0 Å². The Morgan fingerprint density at radius 3 is 2.90 bits per heavy atom. The first-order valence-electron chi connectivity index (χ1n) is 2.93. The molecule has 0 bridgehead atoms.